The normalized spacial score (nSPS) is 14.5. The lowest BCUT2D eigenvalue weighted by atomic mass is 10.1. The lowest BCUT2D eigenvalue weighted by molar-refractivity contribution is -0.385. The van der Waals surface area contributed by atoms with E-state index in [0.29, 0.717) is 24.2 Å². The number of amides is 1. The van der Waals surface area contributed by atoms with E-state index in [4.69, 9.17) is 0 Å². The van der Waals surface area contributed by atoms with Gasteiger partial charge in [-0.25, -0.2) is 8.42 Å². The van der Waals surface area contributed by atoms with Crippen LogP contribution in [0.3, 0.4) is 0 Å². The zero-order valence-electron chi connectivity index (χ0n) is 16.3. The fraction of sp³-hybridized carbons (Fsp3) is 0.350. The number of piperidine rings is 1. The number of nitro benzene ring substituents is 1. The quantitative estimate of drug-likeness (QED) is 0.590. The molecule has 3 rings (SSSR count). The van der Waals surface area contributed by atoms with E-state index in [1.54, 1.807) is 36.9 Å². The van der Waals surface area contributed by atoms with Crippen LogP contribution in [-0.2, 0) is 10.0 Å². The first kappa shape index (κ1) is 20.8. The third-order valence-electron chi connectivity index (χ3n) is 5.15. The summed E-state index contributed by atoms with van der Waals surface area (Å²) in [5.74, 6) is -0.227. The topological polar surface area (TPSA) is 110 Å². The van der Waals surface area contributed by atoms with Crippen LogP contribution in [0.5, 0.6) is 0 Å². The van der Waals surface area contributed by atoms with Crippen LogP contribution in [0.25, 0.3) is 0 Å². The molecule has 1 saturated heterocycles. The number of benzene rings is 2. The van der Waals surface area contributed by atoms with Crippen molar-refractivity contribution in [1.29, 1.82) is 0 Å². The van der Waals surface area contributed by atoms with Crippen LogP contribution in [0.1, 0.15) is 40.7 Å². The predicted octanol–water partition coefficient (Wildman–Crippen LogP) is 3.64. The average Bonchev–Trinajstić information content (AvgIpc) is 2.70. The van der Waals surface area contributed by atoms with Gasteiger partial charge in [0.25, 0.3) is 21.6 Å². The summed E-state index contributed by atoms with van der Waals surface area (Å²) in [7, 11) is -4.13. The summed E-state index contributed by atoms with van der Waals surface area (Å²) in [5, 5.41) is 11.2. The van der Waals surface area contributed by atoms with Crippen LogP contribution in [-0.4, -0.2) is 37.2 Å². The van der Waals surface area contributed by atoms with Gasteiger partial charge >= 0.3 is 0 Å². The number of sulfonamides is 1. The maximum atomic E-state index is 13.0. The predicted molar refractivity (Wildman–Crippen MR) is 110 cm³/mol. The van der Waals surface area contributed by atoms with Gasteiger partial charge in [0, 0.05) is 25.2 Å². The number of nitro groups is 1. The second-order valence-corrected chi connectivity index (χ2v) is 8.80. The number of carbonyl (C=O) groups is 1. The molecule has 2 aromatic carbocycles. The van der Waals surface area contributed by atoms with Crippen molar-refractivity contribution in [3.63, 3.8) is 0 Å². The Hall–Kier alpha value is -2.94. The van der Waals surface area contributed by atoms with Crippen LogP contribution in [0, 0.1) is 24.0 Å². The second kappa shape index (κ2) is 8.20. The number of non-ortho nitro benzene ring substituents is 1. The van der Waals surface area contributed by atoms with Gasteiger partial charge in [0.1, 0.15) is 0 Å². The highest BCUT2D eigenvalue weighted by Crippen LogP contribution is 2.28. The lowest BCUT2D eigenvalue weighted by Crippen LogP contribution is -2.36. The SMILES string of the molecule is Cc1cc([N+](=O)[O-])cc(S(=O)(=O)Nc2ccccc2C(=O)N2CCCCC2)c1C. The van der Waals surface area contributed by atoms with E-state index < -0.39 is 14.9 Å². The van der Waals surface area contributed by atoms with Crippen LogP contribution in [0.2, 0.25) is 0 Å². The first-order valence-corrected chi connectivity index (χ1v) is 10.9. The molecular weight excluding hydrogens is 394 g/mol. The van der Waals surface area contributed by atoms with E-state index in [2.05, 4.69) is 4.72 Å². The van der Waals surface area contributed by atoms with Gasteiger partial charge in [-0.1, -0.05) is 12.1 Å². The summed E-state index contributed by atoms with van der Waals surface area (Å²) in [5.41, 5.74) is 1.04. The number of aryl methyl sites for hydroxylation is 1. The van der Waals surface area contributed by atoms with E-state index >= 15 is 0 Å². The highest BCUT2D eigenvalue weighted by molar-refractivity contribution is 7.92. The fourth-order valence-corrected chi connectivity index (χ4v) is 4.84. The van der Waals surface area contributed by atoms with Crippen molar-refractivity contribution < 1.29 is 18.1 Å². The van der Waals surface area contributed by atoms with E-state index in [0.717, 1.165) is 25.3 Å². The molecule has 0 bridgehead atoms. The molecule has 0 aliphatic carbocycles. The number of nitrogens with zero attached hydrogens (tertiary/aromatic N) is 2. The number of para-hydroxylation sites is 1. The Labute approximate surface area is 169 Å². The Bertz CT molecular complexity index is 1060. The Morgan fingerprint density at radius 1 is 1.10 bits per heavy atom. The summed E-state index contributed by atoms with van der Waals surface area (Å²) in [4.78, 5) is 25.0. The van der Waals surface area contributed by atoms with Crippen LogP contribution in [0.15, 0.2) is 41.3 Å². The number of likely N-dealkylation sites (tertiary alicyclic amines) is 1. The van der Waals surface area contributed by atoms with Gasteiger partial charge in [-0.2, -0.15) is 0 Å². The van der Waals surface area contributed by atoms with E-state index in [9.17, 15) is 23.3 Å². The van der Waals surface area contributed by atoms with Gasteiger partial charge in [-0.05, 0) is 56.4 Å². The molecule has 0 spiro atoms. The van der Waals surface area contributed by atoms with Crippen LogP contribution >= 0.6 is 0 Å². The molecule has 2 aromatic rings. The molecule has 0 aromatic heterocycles. The van der Waals surface area contributed by atoms with Crippen molar-refractivity contribution in [3.05, 3.63) is 63.2 Å². The Morgan fingerprint density at radius 2 is 1.76 bits per heavy atom. The molecule has 8 nitrogen and oxygen atoms in total. The molecule has 0 atom stereocenters. The Kier molecular flexibility index (Phi) is 5.88. The number of carbonyl (C=O) groups excluding carboxylic acids is 1. The zero-order chi connectivity index (χ0) is 21.2. The van der Waals surface area contributed by atoms with E-state index in [1.165, 1.54) is 12.1 Å². The molecule has 1 heterocycles. The van der Waals surface area contributed by atoms with Crippen molar-refractivity contribution >= 4 is 27.3 Å². The highest BCUT2D eigenvalue weighted by atomic mass is 32.2. The van der Waals surface area contributed by atoms with Crippen LogP contribution in [0.4, 0.5) is 11.4 Å². The maximum absolute atomic E-state index is 13.0. The van der Waals surface area contributed by atoms with Crippen LogP contribution < -0.4 is 4.72 Å². The van der Waals surface area contributed by atoms with Crippen molar-refractivity contribution in [3.8, 4) is 0 Å². The molecule has 1 aliphatic heterocycles. The first-order valence-electron chi connectivity index (χ1n) is 9.37. The van der Waals surface area contributed by atoms with E-state index in [-0.39, 0.29) is 27.7 Å². The molecule has 0 radical (unpaired) electrons. The van der Waals surface area contributed by atoms with Gasteiger partial charge < -0.3 is 4.90 Å². The molecule has 1 amide bonds. The number of nitrogens with one attached hydrogen (secondary N) is 1. The minimum absolute atomic E-state index is 0.159. The van der Waals surface area contributed by atoms with Gasteiger partial charge in [0.15, 0.2) is 0 Å². The molecule has 1 N–H and O–H groups in total. The molecule has 0 saturated carbocycles. The Morgan fingerprint density at radius 3 is 2.41 bits per heavy atom. The summed E-state index contributed by atoms with van der Waals surface area (Å²) in [6.07, 6.45) is 2.92. The number of anilines is 1. The third-order valence-corrected chi connectivity index (χ3v) is 6.64. The smallest absolute Gasteiger partial charge is 0.271 e. The van der Waals surface area contributed by atoms with Gasteiger partial charge in [0.05, 0.1) is 21.1 Å². The Balaban J connectivity index is 1.98. The maximum Gasteiger partial charge on any atom is 0.271 e. The number of hydrogen-bond acceptors (Lipinski definition) is 5. The fourth-order valence-electron chi connectivity index (χ4n) is 3.42. The molecule has 9 heteroatoms. The summed E-state index contributed by atoms with van der Waals surface area (Å²) >= 11 is 0. The molecule has 29 heavy (non-hydrogen) atoms. The number of rotatable bonds is 5. The van der Waals surface area contributed by atoms with E-state index in [1.807, 2.05) is 0 Å². The minimum atomic E-state index is -4.13. The number of hydrogen-bond donors (Lipinski definition) is 1. The van der Waals surface area contributed by atoms with Gasteiger partial charge in [-0.3, -0.25) is 19.6 Å². The van der Waals surface area contributed by atoms with Crippen molar-refractivity contribution in [2.75, 3.05) is 17.8 Å². The molecule has 154 valence electrons. The van der Waals surface area contributed by atoms with Gasteiger partial charge in [-0.15, -0.1) is 0 Å². The molecule has 1 fully saturated rings. The first-order chi connectivity index (χ1) is 13.7. The molecule has 1 aliphatic rings. The molecular formula is C20H23N3O5S. The van der Waals surface area contributed by atoms with Gasteiger partial charge in [0.2, 0.25) is 0 Å². The second-order valence-electron chi connectivity index (χ2n) is 7.15. The molecule has 0 unspecified atom stereocenters. The monoisotopic (exact) mass is 417 g/mol. The van der Waals surface area contributed by atoms with Crippen molar-refractivity contribution in [2.24, 2.45) is 0 Å². The summed E-state index contributed by atoms with van der Waals surface area (Å²) in [6.45, 7) is 4.50. The van der Waals surface area contributed by atoms with Crippen molar-refractivity contribution in [1.82, 2.24) is 4.90 Å². The highest BCUT2D eigenvalue weighted by Gasteiger charge is 2.26. The summed E-state index contributed by atoms with van der Waals surface area (Å²) < 4.78 is 28.5. The third kappa shape index (κ3) is 4.40. The standard InChI is InChI=1S/C20H23N3O5S/c1-14-12-16(23(25)26)13-19(15(14)2)29(27,28)21-18-9-5-4-8-17(18)20(24)22-10-6-3-7-11-22/h4-5,8-9,12-13,21H,3,6-7,10-11H2,1-2H3. The van der Waals surface area contributed by atoms with Crippen molar-refractivity contribution in [2.45, 2.75) is 38.0 Å². The zero-order valence-corrected chi connectivity index (χ0v) is 17.2. The largest absolute Gasteiger partial charge is 0.339 e. The average molecular weight is 417 g/mol. The summed E-state index contributed by atoms with van der Waals surface area (Å²) in [6, 6.07) is 8.80. The lowest BCUT2D eigenvalue weighted by Gasteiger charge is -2.27. The minimum Gasteiger partial charge on any atom is -0.339 e.